The Morgan fingerprint density at radius 1 is 0.870 bits per heavy atom. The standard InChI is InChI=1S/C16H21NO6/c1-19-9-8-17-7-6-10(18)11-12(17)14(21-3)16(23-5)15(22-4)13(11)20-2/h6-7H,8-9H2,1-5H3. The molecule has 0 atom stereocenters. The minimum atomic E-state index is -0.190. The quantitative estimate of drug-likeness (QED) is 0.772. The first-order chi connectivity index (χ1) is 11.1. The topological polar surface area (TPSA) is 68.2 Å². The second-order valence-electron chi connectivity index (χ2n) is 4.72. The summed E-state index contributed by atoms with van der Waals surface area (Å²) in [6.45, 7) is 1.03. The van der Waals surface area contributed by atoms with E-state index in [1.165, 1.54) is 34.5 Å². The Morgan fingerprint density at radius 2 is 1.43 bits per heavy atom. The summed E-state index contributed by atoms with van der Waals surface area (Å²) in [5.74, 6) is 1.42. The summed E-state index contributed by atoms with van der Waals surface area (Å²) in [6.07, 6.45) is 1.69. The highest BCUT2D eigenvalue weighted by atomic mass is 16.5. The summed E-state index contributed by atoms with van der Waals surface area (Å²) in [5.41, 5.74) is 0.385. The van der Waals surface area contributed by atoms with Gasteiger partial charge in [0.15, 0.2) is 16.9 Å². The fourth-order valence-corrected chi connectivity index (χ4v) is 2.60. The molecule has 2 rings (SSSR count). The SMILES string of the molecule is COCCn1ccc(=O)c2c(OC)c(OC)c(OC)c(OC)c21. The van der Waals surface area contributed by atoms with Crippen molar-refractivity contribution in [3.05, 3.63) is 22.5 Å². The second kappa shape index (κ2) is 7.23. The van der Waals surface area contributed by atoms with Crippen LogP contribution in [0.15, 0.2) is 17.1 Å². The molecular formula is C16H21NO6. The average molecular weight is 323 g/mol. The summed E-state index contributed by atoms with van der Waals surface area (Å²) in [5, 5.41) is 0.376. The number of methoxy groups -OCH3 is 5. The van der Waals surface area contributed by atoms with Crippen LogP contribution in [-0.2, 0) is 11.3 Å². The molecule has 0 saturated carbocycles. The number of ether oxygens (including phenoxy) is 5. The summed E-state index contributed by atoms with van der Waals surface area (Å²) in [7, 11) is 7.60. The number of fused-ring (bicyclic) bond motifs is 1. The zero-order chi connectivity index (χ0) is 17.0. The molecule has 0 aliphatic heterocycles. The third-order valence-corrected chi connectivity index (χ3v) is 3.59. The largest absolute Gasteiger partial charge is 0.492 e. The van der Waals surface area contributed by atoms with E-state index in [-0.39, 0.29) is 5.43 Å². The Kier molecular flexibility index (Phi) is 5.33. The van der Waals surface area contributed by atoms with Gasteiger partial charge in [0.05, 0.1) is 40.4 Å². The number of hydrogen-bond donors (Lipinski definition) is 0. The summed E-state index contributed by atoms with van der Waals surface area (Å²) >= 11 is 0. The number of pyridine rings is 1. The van der Waals surface area contributed by atoms with Gasteiger partial charge in [-0.15, -0.1) is 0 Å². The Morgan fingerprint density at radius 3 is 1.96 bits per heavy atom. The molecule has 0 spiro atoms. The molecule has 0 unspecified atom stereocenters. The van der Waals surface area contributed by atoms with E-state index < -0.39 is 0 Å². The highest BCUT2D eigenvalue weighted by molar-refractivity contribution is 5.96. The van der Waals surface area contributed by atoms with E-state index >= 15 is 0 Å². The highest BCUT2D eigenvalue weighted by Crippen LogP contribution is 2.49. The van der Waals surface area contributed by atoms with Crippen molar-refractivity contribution in [2.75, 3.05) is 42.2 Å². The van der Waals surface area contributed by atoms with Crippen molar-refractivity contribution in [3.8, 4) is 23.0 Å². The molecule has 23 heavy (non-hydrogen) atoms. The number of nitrogens with zero attached hydrogens (tertiary/aromatic N) is 1. The van der Waals surface area contributed by atoms with Crippen molar-refractivity contribution in [2.45, 2.75) is 6.54 Å². The van der Waals surface area contributed by atoms with Gasteiger partial charge in [-0.3, -0.25) is 4.79 Å². The molecule has 0 N–H and O–H groups in total. The fraction of sp³-hybridized carbons (Fsp3) is 0.438. The van der Waals surface area contributed by atoms with Gasteiger partial charge in [-0.05, 0) is 0 Å². The fourth-order valence-electron chi connectivity index (χ4n) is 2.60. The van der Waals surface area contributed by atoms with Crippen molar-refractivity contribution in [2.24, 2.45) is 0 Å². The van der Waals surface area contributed by atoms with Crippen LogP contribution < -0.4 is 24.4 Å². The monoisotopic (exact) mass is 323 g/mol. The second-order valence-corrected chi connectivity index (χ2v) is 4.72. The number of aromatic nitrogens is 1. The zero-order valence-electron chi connectivity index (χ0n) is 14.0. The maximum atomic E-state index is 12.4. The molecular weight excluding hydrogens is 302 g/mol. The van der Waals surface area contributed by atoms with Gasteiger partial charge in [0.25, 0.3) is 0 Å². The number of hydrogen-bond acceptors (Lipinski definition) is 6. The lowest BCUT2D eigenvalue weighted by Crippen LogP contribution is -2.14. The Balaban J connectivity index is 2.99. The van der Waals surface area contributed by atoms with E-state index in [0.29, 0.717) is 47.1 Å². The van der Waals surface area contributed by atoms with E-state index in [1.807, 2.05) is 4.57 Å². The predicted octanol–water partition coefficient (Wildman–Crippen LogP) is 1.68. The van der Waals surface area contributed by atoms with Gasteiger partial charge in [0.2, 0.25) is 11.5 Å². The minimum absolute atomic E-state index is 0.190. The maximum Gasteiger partial charge on any atom is 0.209 e. The van der Waals surface area contributed by atoms with Gasteiger partial charge in [0.1, 0.15) is 5.52 Å². The zero-order valence-corrected chi connectivity index (χ0v) is 14.0. The predicted molar refractivity (Wildman–Crippen MR) is 86.3 cm³/mol. The summed E-state index contributed by atoms with van der Waals surface area (Å²) in [4.78, 5) is 12.4. The van der Waals surface area contributed by atoms with Gasteiger partial charge in [-0.1, -0.05) is 0 Å². The lowest BCUT2D eigenvalue weighted by Gasteiger charge is -2.20. The van der Waals surface area contributed by atoms with Crippen LogP contribution in [0.1, 0.15) is 0 Å². The summed E-state index contributed by atoms with van der Waals surface area (Å²) in [6, 6.07) is 1.48. The first-order valence-electron chi connectivity index (χ1n) is 7.02. The Hall–Kier alpha value is -2.41. The van der Waals surface area contributed by atoms with E-state index in [1.54, 1.807) is 13.3 Å². The van der Waals surface area contributed by atoms with Crippen molar-refractivity contribution in [1.82, 2.24) is 4.57 Å². The molecule has 126 valence electrons. The van der Waals surface area contributed by atoms with Crippen LogP contribution in [-0.4, -0.2) is 46.7 Å². The van der Waals surface area contributed by atoms with Crippen molar-refractivity contribution in [1.29, 1.82) is 0 Å². The normalized spacial score (nSPS) is 10.7. The molecule has 1 aromatic heterocycles. The molecule has 7 nitrogen and oxygen atoms in total. The van der Waals surface area contributed by atoms with Crippen molar-refractivity contribution in [3.63, 3.8) is 0 Å². The van der Waals surface area contributed by atoms with Crippen LogP contribution in [0, 0.1) is 0 Å². The molecule has 1 aromatic carbocycles. The molecule has 0 aliphatic carbocycles. The molecule has 0 bridgehead atoms. The van der Waals surface area contributed by atoms with E-state index in [9.17, 15) is 4.79 Å². The van der Waals surface area contributed by atoms with Crippen LogP contribution >= 0.6 is 0 Å². The van der Waals surface area contributed by atoms with Crippen LogP contribution in [0.2, 0.25) is 0 Å². The van der Waals surface area contributed by atoms with Crippen LogP contribution in [0.3, 0.4) is 0 Å². The van der Waals surface area contributed by atoms with Crippen molar-refractivity contribution >= 4 is 10.9 Å². The Labute approximate surface area is 134 Å². The van der Waals surface area contributed by atoms with E-state index in [4.69, 9.17) is 23.7 Å². The third-order valence-electron chi connectivity index (χ3n) is 3.59. The Bertz CT molecular complexity index is 753. The van der Waals surface area contributed by atoms with E-state index in [0.717, 1.165) is 0 Å². The molecule has 0 saturated heterocycles. The third kappa shape index (κ3) is 2.79. The molecule has 0 amide bonds. The van der Waals surface area contributed by atoms with Crippen LogP contribution in [0.4, 0.5) is 0 Å². The van der Waals surface area contributed by atoms with Gasteiger partial charge in [0, 0.05) is 25.9 Å². The molecule has 1 heterocycles. The van der Waals surface area contributed by atoms with Gasteiger partial charge in [-0.2, -0.15) is 0 Å². The van der Waals surface area contributed by atoms with Crippen LogP contribution in [0.5, 0.6) is 23.0 Å². The number of rotatable bonds is 7. The minimum Gasteiger partial charge on any atom is -0.492 e. The summed E-state index contributed by atoms with van der Waals surface area (Å²) < 4.78 is 28.7. The lowest BCUT2D eigenvalue weighted by atomic mass is 10.1. The molecule has 0 aliphatic rings. The highest BCUT2D eigenvalue weighted by Gasteiger charge is 2.26. The maximum absolute atomic E-state index is 12.4. The first kappa shape index (κ1) is 17.0. The molecule has 0 fully saturated rings. The molecule has 0 radical (unpaired) electrons. The molecule has 2 aromatic rings. The number of benzene rings is 1. The van der Waals surface area contributed by atoms with Crippen LogP contribution in [0.25, 0.3) is 10.9 Å². The van der Waals surface area contributed by atoms with Gasteiger partial charge in [-0.25, -0.2) is 0 Å². The average Bonchev–Trinajstić information content (AvgIpc) is 2.58. The lowest BCUT2D eigenvalue weighted by molar-refractivity contribution is 0.188. The van der Waals surface area contributed by atoms with Gasteiger partial charge < -0.3 is 28.3 Å². The first-order valence-corrected chi connectivity index (χ1v) is 7.02. The van der Waals surface area contributed by atoms with Gasteiger partial charge >= 0.3 is 0 Å². The van der Waals surface area contributed by atoms with Crippen molar-refractivity contribution < 1.29 is 23.7 Å². The molecule has 7 heteroatoms. The van der Waals surface area contributed by atoms with E-state index in [2.05, 4.69) is 0 Å². The smallest absolute Gasteiger partial charge is 0.209 e.